The van der Waals surface area contributed by atoms with Crippen molar-refractivity contribution in [1.82, 2.24) is 15.6 Å². The highest BCUT2D eigenvalue weighted by Gasteiger charge is 2.39. The van der Waals surface area contributed by atoms with Gasteiger partial charge >= 0.3 is 6.03 Å². The molecule has 1 fully saturated rings. The second-order valence-electron chi connectivity index (χ2n) is 9.45. The van der Waals surface area contributed by atoms with E-state index >= 15 is 0 Å². The van der Waals surface area contributed by atoms with Crippen LogP contribution < -0.4 is 16.0 Å². The topological polar surface area (TPSA) is 83.1 Å². The number of hydrogen-bond donors (Lipinski definition) is 3. The third-order valence-corrected chi connectivity index (χ3v) is 6.57. The molecule has 4 aromatic rings. The quantitative estimate of drug-likeness (QED) is 0.283. The molecule has 0 bridgehead atoms. The lowest BCUT2D eigenvalue weighted by atomic mass is 10.00. The Morgan fingerprint density at radius 2 is 1.77 bits per heavy atom. The number of rotatable bonds is 6. The Balaban J connectivity index is 1.33. The smallest absolute Gasteiger partial charge is 0.319 e. The molecule has 0 radical (unpaired) electrons. The summed E-state index contributed by atoms with van der Waals surface area (Å²) in [5, 5.41) is 8.91. The first-order valence-electron chi connectivity index (χ1n) is 12.7. The first-order chi connectivity index (χ1) is 19.0. The summed E-state index contributed by atoms with van der Waals surface area (Å²) >= 11 is 0. The number of halogens is 1. The van der Waals surface area contributed by atoms with Gasteiger partial charge in [0.25, 0.3) is 5.91 Å². The van der Waals surface area contributed by atoms with Crippen LogP contribution in [-0.4, -0.2) is 23.0 Å². The zero-order valence-corrected chi connectivity index (χ0v) is 21.3. The van der Waals surface area contributed by atoms with Gasteiger partial charge in [-0.25, -0.2) is 9.18 Å². The first-order valence-corrected chi connectivity index (χ1v) is 12.7. The number of nitrogens with zero attached hydrogens (tertiary/aromatic N) is 1. The van der Waals surface area contributed by atoms with E-state index in [1.165, 1.54) is 12.1 Å². The van der Waals surface area contributed by atoms with E-state index in [-0.39, 0.29) is 35.8 Å². The van der Waals surface area contributed by atoms with Crippen molar-refractivity contribution in [3.8, 4) is 11.8 Å². The standard InChI is InChI=1S/C32H27FN4O2/c1-21(35-31(38)23-6-3-2-4-7-23)28-16-15-27(18-24(28)12-9-22-10-13-26(33)14-11-22)36-32(39)37-30-19-29(30)25-8-5-17-34-20-25/h2-8,10-11,13-18,20-21,29-30H,19H2,1H3,(H,35,38)(H2,36,37,39). The molecular formula is C32H27FN4O2. The molecule has 1 saturated carbocycles. The second-order valence-corrected chi connectivity index (χ2v) is 9.45. The van der Waals surface area contributed by atoms with E-state index in [1.54, 1.807) is 42.6 Å². The monoisotopic (exact) mass is 518 g/mol. The molecule has 6 nitrogen and oxygen atoms in total. The van der Waals surface area contributed by atoms with Gasteiger partial charge in [-0.15, -0.1) is 0 Å². The number of nitrogens with one attached hydrogen (secondary N) is 3. The maximum Gasteiger partial charge on any atom is 0.319 e. The van der Waals surface area contributed by atoms with Crippen molar-refractivity contribution in [2.75, 3.05) is 5.32 Å². The maximum atomic E-state index is 13.3. The minimum absolute atomic E-state index is 0.0550. The molecule has 1 aliphatic rings. The number of benzene rings is 3. The number of carbonyl (C=O) groups is 2. The molecule has 3 aromatic carbocycles. The van der Waals surface area contributed by atoms with Crippen LogP contribution >= 0.6 is 0 Å². The zero-order chi connectivity index (χ0) is 27.2. The summed E-state index contributed by atoms with van der Waals surface area (Å²) in [7, 11) is 0. The molecular weight excluding hydrogens is 491 g/mol. The van der Waals surface area contributed by atoms with Crippen LogP contribution in [0, 0.1) is 17.7 Å². The van der Waals surface area contributed by atoms with Gasteiger partial charge in [0.1, 0.15) is 5.82 Å². The molecule has 3 atom stereocenters. The first kappa shape index (κ1) is 25.7. The number of amides is 3. The summed E-state index contributed by atoms with van der Waals surface area (Å²) in [6, 6.07) is 23.6. The van der Waals surface area contributed by atoms with Crippen molar-refractivity contribution < 1.29 is 14.0 Å². The molecule has 3 N–H and O–H groups in total. The van der Waals surface area contributed by atoms with Crippen LogP contribution in [-0.2, 0) is 0 Å². The van der Waals surface area contributed by atoms with Crippen LogP contribution in [0.4, 0.5) is 14.9 Å². The average Bonchev–Trinajstić information content (AvgIpc) is 3.72. The highest BCUT2D eigenvalue weighted by Crippen LogP contribution is 2.40. The summed E-state index contributed by atoms with van der Waals surface area (Å²) in [5.41, 5.74) is 4.31. The predicted molar refractivity (Wildman–Crippen MR) is 149 cm³/mol. The fourth-order valence-electron chi connectivity index (χ4n) is 4.39. The zero-order valence-electron chi connectivity index (χ0n) is 21.3. The molecule has 0 spiro atoms. The molecule has 1 heterocycles. The van der Waals surface area contributed by atoms with Gasteiger partial charge in [-0.3, -0.25) is 9.78 Å². The molecule has 1 aromatic heterocycles. The molecule has 0 aliphatic heterocycles. The van der Waals surface area contributed by atoms with Crippen LogP contribution in [0.15, 0.2) is 97.3 Å². The van der Waals surface area contributed by atoms with E-state index in [1.807, 2.05) is 49.5 Å². The number of aromatic nitrogens is 1. The summed E-state index contributed by atoms with van der Waals surface area (Å²) in [4.78, 5) is 29.6. The minimum Gasteiger partial charge on any atom is -0.345 e. The second kappa shape index (κ2) is 11.6. The fraction of sp³-hybridized carbons (Fsp3) is 0.156. The Labute approximate surface area is 226 Å². The van der Waals surface area contributed by atoms with Crippen molar-refractivity contribution in [1.29, 1.82) is 0 Å². The average molecular weight is 519 g/mol. The highest BCUT2D eigenvalue weighted by atomic mass is 19.1. The summed E-state index contributed by atoms with van der Waals surface area (Å²) in [5.74, 6) is 5.91. The van der Waals surface area contributed by atoms with E-state index in [0.29, 0.717) is 22.4 Å². The fourth-order valence-corrected chi connectivity index (χ4v) is 4.39. The summed E-state index contributed by atoms with van der Waals surface area (Å²) in [6.45, 7) is 1.88. The van der Waals surface area contributed by atoms with Crippen LogP contribution in [0.25, 0.3) is 0 Å². The Morgan fingerprint density at radius 3 is 2.51 bits per heavy atom. The lowest BCUT2D eigenvalue weighted by molar-refractivity contribution is 0.0940. The molecule has 3 unspecified atom stereocenters. The van der Waals surface area contributed by atoms with E-state index in [2.05, 4.69) is 32.8 Å². The maximum absolute atomic E-state index is 13.3. The number of urea groups is 1. The van der Waals surface area contributed by atoms with Crippen molar-refractivity contribution in [2.24, 2.45) is 0 Å². The van der Waals surface area contributed by atoms with E-state index in [0.717, 1.165) is 17.5 Å². The van der Waals surface area contributed by atoms with Crippen LogP contribution in [0.3, 0.4) is 0 Å². The molecule has 1 aliphatic carbocycles. The van der Waals surface area contributed by atoms with Crippen LogP contribution in [0.5, 0.6) is 0 Å². The van der Waals surface area contributed by atoms with E-state index in [9.17, 15) is 14.0 Å². The normalized spacial score (nSPS) is 16.3. The Kier molecular flexibility index (Phi) is 7.65. The molecule has 39 heavy (non-hydrogen) atoms. The minimum atomic E-state index is -0.357. The van der Waals surface area contributed by atoms with Gasteiger partial charge < -0.3 is 16.0 Å². The van der Waals surface area contributed by atoms with Crippen molar-refractivity contribution in [3.63, 3.8) is 0 Å². The molecule has 7 heteroatoms. The number of anilines is 1. The van der Waals surface area contributed by atoms with Gasteiger partial charge in [-0.2, -0.15) is 0 Å². The van der Waals surface area contributed by atoms with Gasteiger partial charge in [-0.1, -0.05) is 42.2 Å². The van der Waals surface area contributed by atoms with Crippen molar-refractivity contribution in [2.45, 2.75) is 31.3 Å². The molecule has 5 rings (SSSR count). The third kappa shape index (κ3) is 6.68. The van der Waals surface area contributed by atoms with Crippen molar-refractivity contribution in [3.05, 3.63) is 131 Å². The number of carbonyl (C=O) groups excluding carboxylic acids is 2. The van der Waals surface area contributed by atoms with Gasteiger partial charge in [0.15, 0.2) is 0 Å². The predicted octanol–water partition coefficient (Wildman–Crippen LogP) is 5.79. The molecule has 194 valence electrons. The van der Waals surface area contributed by atoms with Crippen LogP contribution in [0.2, 0.25) is 0 Å². The Morgan fingerprint density at radius 1 is 0.974 bits per heavy atom. The van der Waals surface area contributed by atoms with Crippen molar-refractivity contribution >= 4 is 17.6 Å². The number of hydrogen-bond acceptors (Lipinski definition) is 3. The lowest BCUT2D eigenvalue weighted by Crippen LogP contribution is -2.31. The Bertz CT molecular complexity index is 1530. The summed E-state index contributed by atoms with van der Waals surface area (Å²) < 4.78 is 13.3. The van der Waals surface area contributed by atoms with E-state index < -0.39 is 0 Å². The SMILES string of the molecule is CC(NC(=O)c1ccccc1)c1ccc(NC(=O)NC2CC2c2cccnc2)cc1C#Cc1ccc(F)cc1. The number of pyridine rings is 1. The third-order valence-electron chi connectivity index (χ3n) is 6.57. The van der Waals surface area contributed by atoms with Gasteiger partial charge in [0, 0.05) is 46.7 Å². The van der Waals surface area contributed by atoms with Crippen LogP contribution in [0.1, 0.15) is 57.9 Å². The van der Waals surface area contributed by atoms with E-state index in [4.69, 9.17) is 0 Å². The molecule has 0 saturated heterocycles. The Hall–Kier alpha value is -4.96. The summed E-state index contributed by atoms with van der Waals surface area (Å²) in [6.07, 6.45) is 4.42. The van der Waals surface area contributed by atoms with Gasteiger partial charge in [-0.05, 0) is 79.1 Å². The largest absolute Gasteiger partial charge is 0.345 e. The van der Waals surface area contributed by atoms with Gasteiger partial charge in [0.2, 0.25) is 0 Å². The highest BCUT2D eigenvalue weighted by molar-refractivity contribution is 5.94. The molecule has 3 amide bonds. The lowest BCUT2D eigenvalue weighted by Gasteiger charge is -2.17. The van der Waals surface area contributed by atoms with Gasteiger partial charge in [0.05, 0.1) is 6.04 Å².